The first-order valence-corrected chi connectivity index (χ1v) is 15.0. The van der Waals surface area contributed by atoms with Crippen LogP contribution in [0.15, 0.2) is 41.3 Å². The Kier molecular flexibility index (Phi) is 8.46. The van der Waals surface area contributed by atoms with Crippen LogP contribution < -0.4 is 21.9 Å². The van der Waals surface area contributed by atoms with E-state index in [0.29, 0.717) is 24.3 Å². The van der Waals surface area contributed by atoms with Crippen molar-refractivity contribution in [3.05, 3.63) is 80.1 Å². The van der Waals surface area contributed by atoms with Crippen molar-refractivity contribution in [2.24, 2.45) is 5.73 Å². The number of halogens is 4. The van der Waals surface area contributed by atoms with Gasteiger partial charge in [0.1, 0.15) is 23.4 Å². The summed E-state index contributed by atoms with van der Waals surface area (Å²) in [5, 5.41) is 5.78. The van der Waals surface area contributed by atoms with Crippen LogP contribution in [-0.2, 0) is 11.3 Å². The normalized spacial score (nSPS) is 18.0. The minimum Gasteiger partial charge on any atom is -0.365 e. The molecule has 0 unspecified atom stereocenters. The van der Waals surface area contributed by atoms with Crippen LogP contribution in [0, 0.1) is 5.82 Å². The van der Waals surface area contributed by atoms with Crippen LogP contribution in [0.5, 0.6) is 0 Å². The summed E-state index contributed by atoms with van der Waals surface area (Å²) >= 11 is 6.08. The Labute approximate surface area is 261 Å². The number of rotatable bonds is 11. The van der Waals surface area contributed by atoms with Gasteiger partial charge in [-0.2, -0.15) is 0 Å². The number of anilines is 1. The lowest BCUT2D eigenvalue weighted by Crippen LogP contribution is -2.58. The molecule has 0 radical (unpaired) electrons. The molecule has 0 spiro atoms. The maximum atomic E-state index is 15.5. The molecule has 2 amide bonds. The Hall–Kier alpha value is -3.78. The van der Waals surface area contributed by atoms with Gasteiger partial charge >= 0.3 is 0 Å². The van der Waals surface area contributed by atoms with Crippen molar-refractivity contribution in [1.82, 2.24) is 19.8 Å². The Balaban J connectivity index is 1.33. The topological polar surface area (TPSA) is 132 Å². The zero-order valence-electron chi connectivity index (χ0n) is 24.4. The Bertz CT molecular complexity index is 1720. The van der Waals surface area contributed by atoms with Gasteiger partial charge in [0.05, 0.1) is 18.7 Å². The van der Waals surface area contributed by atoms with Crippen molar-refractivity contribution in [3.8, 4) is 11.1 Å². The van der Waals surface area contributed by atoms with Gasteiger partial charge in [0.2, 0.25) is 0 Å². The highest BCUT2D eigenvalue weighted by Crippen LogP contribution is 2.42. The van der Waals surface area contributed by atoms with Crippen LogP contribution in [0.2, 0.25) is 5.02 Å². The van der Waals surface area contributed by atoms with Crippen LogP contribution in [0.4, 0.5) is 19.0 Å². The van der Waals surface area contributed by atoms with Crippen LogP contribution in [-0.4, -0.2) is 65.2 Å². The van der Waals surface area contributed by atoms with Gasteiger partial charge in [-0.25, -0.2) is 18.2 Å². The number of hydrogen-bond donors (Lipinski definition) is 3. The van der Waals surface area contributed by atoms with E-state index in [1.165, 1.54) is 25.3 Å². The summed E-state index contributed by atoms with van der Waals surface area (Å²) in [5.74, 6) is -5.22. The first-order chi connectivity index (χ1) is 21.4. The standard InChI is InChI=1S/C31H32ClF3N6O4/c1-45-25(36)12-37-11-16-6-22(30(44)41(13-16)20-4-5-20)28(42)39-26-8-18(7-24(38-26)17-2-3-17)27-21(9-19(32)10-23(27)33)29(43)40-14-31(34,35)15-40/h6-10,13,17,20,25,37H,2-5,11-12,14-15,36H2,1H3,(H,38,39,42)/t25-/m1/s1. The molecule has 2 saturated carbocycles. The Morgan fingerprint density at radius 3 is 2.51 bits per heavy atom. The average molecular weight is 645 g/mol. The van der Waals surface area contributed by atoms with Gasteiger partial charge in [-0.15, -0.1) is 0 Å². The van der Waals surface area contributed by atoms with E-state index in [4.69, 9.17) is 22.1 Å². The number of nitrogens with one attached hydrogen (secondary N) is 2. The molecule has 1 saturated heterocycles. The highest BCUT2D eigenvalue weighted by atomic mass is 35.5. The molecule has 238 valence electrons. The van der Waals surface area contributed by atoms with Crippen molar-refractivity contribution in [3.63, 3.8) is 0 Å². The highest BCUT2D eigenvalue weighted by molar-refractivity contribution is 6.31. The van der Waals surface area contributed by atoms with Gasteiger partial charge in [0.25, 0.3) is 23.3 Å². The molecule has 2 aliphatic carbocycles. The number of nitrogens with zero attached hydrogens (tertiary/aromatic N) is 3. The first kappa shape index (κ1) is 31.2. The minimum absolute atomic E-state index is 0.00310. The lowest BCUT2D eigenvalue weighted by molar-refractivity contribution is -0.113. The van der Waals surface area contributed by atoms with E-state index in [1.54, 1.807) is 16.8 Å². The molecule has 3 heterocycles. The molecule has 6 rings (SSSR count). The number of methoxy groups -OCH3 is 1. The fourth-order valence-electron chi connectivity index (χ4n) is 5.38. The largest absolute Gasteiger partial charge is 0.365 e. The number of alkyl halides is 2. The van der Waals surface area contributed by atoms with Crippen LogP contribution in [0.3, 0.4) is 0 Å². The Morgan fingerprint density at radius 2 is 1.87 bits per heavy atom. The summed E-state index contributed by atoms with van der Waals surface area (Å²) in [7, 11) is 1.49. The predicted octanol–water partition coefficient (Wildman–Crippen LogP) is 4.28. The molecule has 45 heavy (non-hydrogen) atoms. The summed E-state index contributed by atoms with van der Waals surface area (Å²) in [4.78, 5) is 45.6. The van der Waals surface area contributed by atoms with Crippen molar-refractivity contribution >= 4 is 29.2 Å². The van der Waals surface area contributed by atoms with Crippen molar-refractivity contribution in [2.75, 3.05) is 32.1 Å². The number of carbonyl (C=O) groups excluding carboxylic acids is 2. The zero-order chi connectivity index (χ0) is 32.0. The number of ether oxygens (including phenoxy) is 1. The summed E-state index contributed by atoms with van der Waals surface area (Å²) in [6.45, 7) is -0.875. The molecule has 14 heteroatoms. The molecule has 0 bridgehead atoms. The van der Waals surface area contributed by atoms with Crippen molar-refractivity contribution < 1.29 is 27.5 Å². The van der Waals surface area contributed by atoms with Crippen LogP contribution in [0.1, 0.15) is 69.6 Å². The van der Waals surface area contributed by atoms with E-state index in [2.05, 4.69) is 15.6 Å². The molecule has 1 aliphatic heterocycles. The van der Waals surface area contributed by atoms with E-state index in [-0.39, 0.29) is 45.1 Å². The number of pyridine rings is 2. The van der Waals surface area contributed by atoms with Gasteiger partial charge in [0.15, 0.2) is 0 Å². The molecule has 3 fully saturated rings. The Morgan fingerprint density at radius 1 is 1.13 bits per heavy atom. The number of likely N-dealkylation sites (tertiary alicyclic amines) is 1. The number of benzene rings is 1. The first-order valence-electron chi connectivity index (χ1n) is 14.7. The van der Waals surface area contributed by atoms with E-state index in [9.17, 15) is 23.2 Å². The summed E-state index contributed by atoms with van der Waals surface area (Å²) in [6, 6.07) is 6.81. The van der Waals surface area contributed by atoms with E-state index < -0.39 is 48.4 Å². The lowest BCUT2D eigenvalue weighted by Gasteiger charge is -2.39. The van der Waals surface area contributed by atoms with Crippen molar-refractivity contribution in [1.29, 1.82) is 0 Å². The van der Waals surface area contributed by atoms with Crippen molar-refractivity contribution in [2.45, 2.75) is 56.3 Å². The number of nitrogens with two attached hydrogens (primary N) is 1. The summed E-state index contributed by atoms with van der Waals surface area (Å²) in [6.07, 6.45) is 4.51. The highest BCUT2D eigenvalue weighted by Gasteiger charge is 2.47. The second kappa shape index (κ2) is 12.2. The van der Waals surface area contributed by atoms with E-state index in [0.717, 1.165) is 36.6 Å². The van der Waals surface area contributed by atoms with Gasteiger partial charge in [0, 0.05) is 54.6 Å². The smallest absolute Gasteiger partial charge is 0.282 e. The molecule has 3 aliphatic rings. The average Bonchev–Trinajstić information content (AvgIpc) is 3.89. The number of carbonyl (C=O) groups is 2. The van der Waals surface area contributed by atoms with Gasteiger partial charge < -0.3 is 30.6 Å². The minimum atomic E-state index is -3.01. The predicted molar refractivity (Wildman–Crippen MR) is 161 cm³/mol. The van der Waals surface area contributed by atoms with Gasteiger partial charge in [-0.1, -0.05) is 11.6 Å². The molecule has 1 aromatic carbocycles. The van der Waals surface area contributed by atoms with Crippen LogP contribution in [0.25, 0.3) is 11.1 Å². The molecular formula is C31H32ClF3N6O4. The second-order valence-corrected chi connectivity index (χ2v) is 12.3. The van der Waals surface area contributed by atoms with Crippen LogP contribution >= 0.6 is 11.6 Å². The molecule has 1 atom stereocenters. The number of amides is 2. The molecule has 4 N–H and O–H groups in total. The summed E-state index contributed by atoms with van der Waals surface area (Å²) in [5.41, 5.74) is 6.40. The lowest BCUT2D eigenvalue weighted by atomic mass is 9.96. The SMILES string of the molecule is CO[C@@H](N)CNCc1cc(C(=O)Nc2cc(-c3c(F)cc(Cl)cc3C(=O)N3CC(F)(F)C3)cc(C3CC3)n2)c(=O)n(C2CC2)c1. The van der Waals surface area contributed by atoms with E-state index in [1.807, 2.05) is 0 Å². The number of aromatic nitrogens is 2. The third kappa shape index (κ3) is 6.91. The molecule has 2 aromatic heterocycles. The van der Waals surface area contributed by atoms with Gasteiger partial charge in [-0.3, -0.25) is 14.4 Å². The third-order valence-electron chi connectivity index (χ3n) is 8.05. The third-order valence-corrected chi connectivity index (χ3v) is 8.27. The number of hydrogen-bond acceptors (Lipinski definition) is 7. The fraction of sp³-hybridized carbons (Fsp3) is 0.419. The summed E-state index contributed by atoms with van der Waals surface area (Å²) < 4.78 is 49.3. The molecular weight excluding hydrogens is 613 g/mol. The molecule has 10 nitrogen and oxygen atoms in total. The zero-order valence-corrected chi connectivity index (χ0v) is 25.2. The maximum Gasteiger partial charge on any atom is 0.282 e. The quantitative estimate of drug-likeness (QED) is 0.266. The van der Waals surface area contributed by atoms with Gasteiger partial charge in [-0.05, 0) is 67.1 Å². The second-order valence-electron chi connectivity index (χ2n) is 11.8. The molecule has 3 aromatic rings. The monoisotopic (exact) mass is 644 g/mol. The maximum absolute atomic E-state index is 15.5. The van der Waals surface area contributed by atoms with E-state index >= 15 is 4.39 Å². The fourth-order valence-corrected chi connectivity index (χ4v) is 5.59.